The van der Waals surface area contributed by atoms with E-state index in [1.54, 1.807) is 18.4 Å². The minimum atomic E-state index is -0.162. The molecule has 108 valence electrons. The predicted molar refractivity (Wildman–Crippen MR) is 74.1 cm³/mol. The summed E-state index contributed by atoms with van der Waals surface area (Å²) < 4.78 is 5.21. The van der Waals surface area contributed by atoms with Crippen LogP contribution in [0.4, 0.5) is 4.79 Å². The maximum Gasteiger partial charge on any atom is 0.315 e. The van der Waals surface area contributed by atoms with E-state index >= 15 is 0 Å². The standard InChI is InChI=1S/C13H19N5O2/c1-3-9(2)15-13(19)14-7-6-11-16-12(18-17-11)10-5-4-8-20-10/h4-5,8-9H,3,6-7H2,1-2H3,(H2,14,15,19)(H,16,17,18). The summed E-state index contributed by atoms with van der Waals surface area (Å²) in [6.07, 6.45) is 3.07. The fourth-order valence-electron chi connectivity index (χ4n) is 1.59. The summed E-state index contributed by atoms with van der Waals surface area (Å²) in [6.45, 7) is 4.48. The molecule has 2 amide bonds. The third-order valence-electron chi connectivity index (χ3n) is 2.91. The van der Waals surface area contributed by atoms with Crippen molar-refractivity contribution in [2.75, 3.05) is 6.54 Å². The van der Waals surface area contributed by atoms with Crippen LogP contribution < -0.4 is 10.6 Å². The van der Waals surface area contributed by atoms with Crippen molar-refractivity contribution in [1.29, 1.82) is 0 Å². The first kappa shape index (κ1) is 14.1. The molecule has 2 heterocycles. The van der Waals surface area contributed by atoms with Crippen molar-refractivity contribution < 1.29 is 9.21 Å². The average molecular weight is 277 g/mol. The Morgan fingerprint density at radius 1 is 1.55 bits per heavy atom. The molecule has 0 aliphatic heterocycles. The first-order chi connectivity index (χ1) is 9.69. The summed E-state index contributed by atoms with van der Waals surface area (Å²) in [5, 5.41) is 12.5. The molecular formula is C13H19N5O2. The Balaban J connectivity index is 1.76. The monoisotopic (exact) mass is 277 g/mol. The van der Waals surface area contributed by atoms with Crippen molar-refractivity contribution in [2.45, 2.75) is 32.7 Å². The maximum atomic E-state index is 11.5. The van der Waals surface area contributed by atoms with Gasteiger partial charge in [-0.15, -0.1) is 0 Å². The molecule has 0 fully saturated rings. The largest absolute Gasteiger partial charge is 0.461 e. The molecule has 2 aromatic heterocycles. The minimum Gasteiger partial charge on any atom is -0.461 e. The Kier molecular flexibility index (Phi) is 4.75. The summed E-state index contributed by atoms with van der Waals surface area (Å²) >= 11 is 0. The van der Waals surface area contributed by atoms with Gasteiger partial charge in [-0.2, -0.15) is 5.10 Å². The molecule has 0 aromatic carbocycles. The number of carbonyl (C=O) groups is 1. The number of carbonyl (C=O) groups excluding carboxylic acids is 1. The lowest BCUT2D eigenvalue weighted by molar-refractivity contribution is 0.237. The quantitative estimate of drug-likeness (QED) is 0.749. The van der Waals surface area contributed by atoms with Crippen molar-refractivity contribution in [1.82, 2.24) is 25.8 Å². The first-order valence-corrected chi connectivity index (χ1v) is 6.68. The van der Waals surface area contributed by atoms with E-state index in [0.717, 1.165) is 6.42 Å². The number of urea groups is 1. The fourth-order valence-corrected chi connectivity index (χ4v) is 1.59. The SMILES string of the molecule is CCC(C)NC(=O)NCCc1nc(-c2ccco2)n[nH]1. The van der Waals surface area contributed by atoms with Gasteiger partial charge in [0, 0.05) is 19.0 Å². The highest BCUT2D eigenvalue weighted by Crippen LogP contribution is 2.14. The molecule has 1 unspecified atom stereocenters. The molecule has 7 nitrogen and oxygen atoms in total. The van der Waals surface area contributed by atoms with Crippen LogP contribution >= 0.6 is 0 Å². The van der Waals surface area contributed by atoms with E-state index in [-0.39, 0.29) is 12.1 Å². The van der Waals surface area contributed by atoms with E-state index in [2.05, 4.69) is 25.8 Å². The Hall–Kier alpha value is -2.31. The lowest BCUT2D eigenvalue weighted by atomic mass is 10.3. The van der Waals surface area contributed by atoms with E-state index < -0.39 is 0 Å². The van der Waals surface area contributed by atoms with Gasteiger partial charge in [-0.05, 0) is 25.5 Å². The smallest absolute Gasteiger partial charge is 0.315 e. The second kappa shape index (κ2) is 6.74. The summed E-state index contributed by atoms with van der Waals surface area (Å²) in [4.78, 5) is 15.8. The zero-order chi connectivity index (χ0) is 14.4. The topological polar surface area (TPSA) is 95.8 Å². The Bertz CT molecular complexity index is 535. The molecule has 0 bridgehead atoms. The van der Waals surface area contributed by atoms with Gasteiger partial charge in [0.1, 0.15) is 5.82 Å². The highest BCUT2D eigenvalue weighted by molar-refractivity contribution is 5.74. The lowest BCUT2D eigenvalue weighted by Crippen LogP contribution is -2.41. The second-order valence-corrected chi connectivity index (χ2v) is 4.54. The maximum absolute atomic E-state index is 11.5. The number of nitrogens with one attached hydrogen (secondary N) is 3. The highest BCUT2D eigenvalue weighted by atomic mass is 16.3. The van der Waals surface area contributed by atoms with E-state index in [9.17, 15) is 4.79 Å². The van der Waals surface area contributed by atoms with Crippen molar-refractivity contribution in [3.63, 3.8) is 0 Å². The summed E-state index contributed by atoms with van der Waals surface area (Å²) in [7, 11) is 0. The summed E-state index contributed by atoms with van der Waals surface area (Å²) in [5.74, 6) is 1.85. The van der Waals surface area contributed by atoms with Gasteiger partial charge in [-0.1, -0.05) is 6.92 Å². The molecule has 2 aromatic rings. The Labute approximate surface area is 117 Å². The number of rotatable bonds is 6. The van der Waals surface area contributed by atoms with E-state index in [0.29, 0.717) is 30.4 Å². The number of H-pyrrole nitrogens is 1. The molecule has 0 radical (unpaired) electrons. The van der Waals surface area contributed by atoms with Crippen LogP contribution in [0.5, 0.6) is 0 Å². The molecular weight excluding hydrogens is 258 g/mol. The Morgan fingerprint density at radius 2 is 2.40 bits per heavy atom. The van der Waals surface area contributed by atoms with Crippen molar-refractivity contribution in [3.8, 4) is 11.6 Å². The number of aromatic nitrogens is 3. The number of hydrogen-bond acceptors (Lipinski definition) is 4. The van der Waals surface area contributed by atoms with Crippen LogP contribution in [-0.4, -0.2) is 33.8 Å². The first-order valence-electron chi connectivity index (χ1n) is 6.68. The van der Waals surface area contributed by atoms with Crippen LogP contribution in [0.1, 0.15) is 26.1 Å². The average Bonchev–Trinajstić information content (AvgIpc) is 3.08. The molecule has 0 spiro atoms. The number of hydrogen-bond donors (Lipinski definition) is 3. The van der Waals surface area contributed by atoms with Crippen LogP contribution in [0.3, 0.4) is 0 Å². The van der Waals surface area contributed by atoms with Crippen LogP contribution in [0.15, 0.2) is 22.8 Å². The van der Waals surface area contributed by atoms with E-state index in [4.69, 9.17) is 4.42 Å². The van der Waals surface area contributed by atoms with Crippen LogP contribution in [0.2, 0.25) is 0 Å². The molecule has 0 aliphatic rings. The summed E-state index contributed by atoms with van der Waals surface area (Å²) in [6, 6.07) is 3.59. The van der Waals surface area contributed by atoms with Gasteiger partial charge in [0.2, 0.25) is 5.82 Å². The molecule has 0 aliphatic carbocycles. The number of furan rings is 1. The van der Waals surface area contributed by atoms with Crippen LogP contribution in [-0.2, 0) is 6.42 Å². The van der Waals surface area contributed by atoms with Crippen molar-refractivity contribution in [3.05, 3.63) is 24.2 Å². The third kappa shape index (κ3) is 3.84. The van der Waals surface area contributed by atoms with Crippen molar-refractivity contribution in [2.24, 2.45) is 0 Å². The van der Waals surface area contributed by atoms with Gasteiger partial charge in [0.05, 0.1) is 6.26 Å². The highest BCUT2D eigenvalue weighted by Gasteiger charge is 2.09. The van der Waals surface area contributed by atoms with E-state index in [1.807, 2.05) is 13.8 Å². The van der Waals surface area contributed by atoms with Crippen LogP contribution in [0, 0.1) is 0 Å². The number of aromatic amines is 1. The fraction of sp³-hybridized carbons (Fsp3) is 0.462. The van der Waals surface area contributed by atoms with Crippen molar-refractivity contribution >= 4 is 6.03 Å². The zero-order valence-corrected chi connectivity index (χ0v) is 11.6. The van der Waals surface area contributed by atoms with Gasteiger partial charge in [-0.25, -0.2) is 9.78 Å². The van der Waals surface area contributed by atoms with Crippen LogP contribution in [0.25, 0.3) is 11.6 Å². The van der Waals surface area contributed by atoms with Gasteiger partial charge in [0.15, 0.2) is 5.76 Å². The zero-order valence-electron chi connectivity index (χ0n) is 11.6. The van der Waals surface area contributed by atoms with E-state index in [1.165, 1.54) is 0 Å². The summed E-state index contributed by atoms with van der Waals surface area (Å²) in [5.41, 5.74) is 0. The molecule has 0 saturated heterocycles. The minimum absolute atomic E-state index is 0.162. The lowest BCUT2D eigenvalue weighted by Gasteiger charge is -2.11. The Morgan fingerprint density at radius 3 is 3.10 bits per heavy atom. The molecule has 7 heteroatoms. The third-order valence-corrected chi connectivity index (χ3v) is 2.91. The molecule has 1 atom stereocenters. The molecule has 0 saturated carbocycles. The van der Waals surface area contributed by atoms with Gasteiger partial charge in [-0.3, -0.25) is 5.10 Å². The molecule has 3 N–H and O–H groups in total. The normalized spacial score (nSPS) is 12.1. The number of amides is 2. The second-order valence-electron chi connectivity index (χ2n) is 4.54. The number of nitrogens with zero attached hydrogens (tertiary/aromatic N) is 2. The molecule has 20 heavy (non-hydrogen) atoms. The van der Waals surface area contributed by atoms with Gasteiger partial charge < -0.3 is 15.1 Å². The molecule has 2 rings (SSSR count). The van der Waals surface area contributed by atoms with Gasteiger partial charge in [0.25, 0.3) is 0 Å². The predicted octanol–water partition coefficient (Wildman–Crippen LogP) is 1.70. The van der Waals surface area contributed by atoms with Gasteiger partial charge >= 0.3 is 6.03 Å².